The summed E-state index contributed by atoms with van der Waals surface area (Å²) in [6, 6.07) is 8.98. The summed E-state index contributed by atoms with van der Waals surface area (Å²) in [5.41, 5.74) is -0.0598. The topological polar surface area (TPSA) is 55.8 Å². The van der Waals surface area contributed by atoms with Crippen LogP contribution >= 0.6 is 0 Å². The highest BCUT2D eigenvalue weighted by Gasteiger charge is 2.44. The van der Waals surface area contributed by atoms with Gasteiger partial charge in [0.25, 0.3) is 0 Å². The van der Waals surface area contributed by atoms with Gasteiger partial charge in [-0.05, 0) is 59.9 Å². The van der Waals surface area contributed by atoms with Crippen LogP contribution in [0.1, 0.15) is 59.9 Å². The van der Waals surface area contributed by atoms with Crippen molar-refractivity contribution in [1.29, 1.82) is 0 Å². The average molecular weight is 361 g/mol. The van der Waals surface area contributed by atoms with Gasteiger partial charge in [0.15, 0.2) is 0 Å². The maximum Gasteiger partial charge on any atom is 0.323 e. The maximum atomic E-state index is 12.7. The summed E-state index contributed by atoms with van der Waals surface area (Å²) >= 11 is 0. The fourth-order valence-electron chi connectivity index (χ4n) is 3.13. The van der Waals surface area contributed by atoms with Crippen molar-refractivity contribution in [3.8, 4) is 0 Å². The van der Waals surface area contributed by atoms with Gasteiger partial charge >= 0.3 is 11.9 Å². The van der Waals surface area contributed by atoms with Crippen molar-refractivity contribution in [2.75, 3.05) is 0 Å². The molecule has 0 radical (unpaired) electrons. The summed E-state index contributed by atoms with van der Waals surface area (Å²) in [5.74, 6) is -0.557. The number of likely N-dealkylation sites (tertiary alicyclic amines) is 1. The van der Waals surface area contributed by atoms with Crippen LogP contribution < -0.4 is 0 Å². The number of hydrogen-bond donors (Lipinski definition) is 0. The molecule has 1 aliphatic heterocycles. The van der Waals surface area contributed by atoms with E-state index in [0.717, 1.165) is 5.56 Å². The van der Waals surface area contributed by atoms with E-state index in [4.69, 9.17) is 9.47 Å². The number of carbonyl (C=O) groups is 2. The molecule has 1 aliphatic rings. The number of benzene rings is 1. The molecule has 5 heteroatoms. The standard InChI is InChI=1S/C21H31NO4/c1-20(2,3)25-18(23)16-12-13-17(19(24)26-21(4,5)6)22(16)14-15-10-8-7-9-11-15/h7-11,16-17H,12-14H2,1-6H3. The van der Waals surface area contributed by atoms with Crippen molar-refractivity contribution in [2.45, 2.75) is 84.2 Å². The SMILES string of the molecule is CC(C)(C)OC(=O)C1CCC(C(=O)OC(C)(C)C)N1Cc1ccccc1. The van der Waals surface area contributed by atoms with Gasteiger partial charge in [0.1, 0.15) is 23.3 Å². The Hall–Kier alpha value is -1.88. The van der Waals surface area contributed by atoms with Crippen LogP contribution in [0, 0.1) is 0 Å². The van der Waals surface area contributed by atoms with E-state index in [2.05, 4.69) is 0 Å². The van der Waals surface area contributed by atoms with Crippen molar-refractivity contribution in [3.63, 3.8) is 0 Å². The first-order valence-corrected chi connectivity index (χ1v) is 9.22. The summed E-state index contributed by atoms with van der Waals surface area (Å²) < 4.78 is 11.2. The third-order valence-electron chi connectivity index (χ3n) is 4.08. The highest BCUT2D eigenvalue weighted by molar-refractivity contribution is 5.81. The number of carbonyl (C=O) groups excluding carboxylic acids is 2. The van der Waals surface area contributed by atoms with Crippen LogP contribution in [0.5, 0.6) is 0 Å². The number of nitrogens with zero attached hydrogens (tertiary/aromatic N) is 1. The summed E-state index contributed by atoms with van der Waals surface area (Å²) in [7, 11) is 0. The lowest BCUT2D eigenvalue weighted by molar-refractivity contribution is -0.165. The Labute approximate surface area is 156 Å². The first kappa shape index (κ1) is 20.4. The van der Waals surface area contributed by atoms with Crippen molar-refractivity contribution < 1.29 is 19.1 Å². The molecule has 2 unspecified atom stereocenters. The van der Waals surface area contributed by atoms with E-state index in [0.29, 0.717) is 19.4 Å². The highest BCUT2D eigenvalue weighted by Crippen LogP contribution is 2.30. The van der Waals surface area contributed by atoms with E-state index in [1.165, 1.54) is 0 Å². The number of rotatable bonds is 4. The predicted octanol–water partition coefficient (Wildman–Crippen LogP) is 3.70. The Morgan fingerprint density at radius 3 is 1.69 bits per heavy atom. The number of esters is 2. The van der Waals surface area contributed by atoms with Crippen LogP contribution in [0.15, 0.2) is 30.3 Å². The average Bonchev–Trinajstić information content (AvgIpc) is 2.88. The second-order valence-electron chi connectivity index (χ2n) is 8.83. The van der Waals surface area contributed by atoms with Crippen molar-refractivity contribution in [2.24, 2.45) is 0 Å². The summed E-state index contributed by atoms with van der Waals surface area (Å²) in [6.07, 6.45) is 1.18. The van der Waals surface area contributed by atoms with Crippen molar-refractivity contribution in [3.05, 3.63) is 35.9 Å². The molecular weight excluding hydrogens is 330 g/mol. The Morgan fingerprint density at radius 1 is 0.885 bits per heavy atom. The van der Waals surface area contributed by atoms with Gasteiger partial charge in [-0.3, -0.25) is 14.5 Å². The Morgan fingerprint density at radius 2 is 1.31 bits per heavy atom. The fraction of sp³-hybridized carbons (Fsp3) is 0.619. The molecule has 2 rings (SSSR count). The molecule has 0 aliphatic carbocycles. The van der Waals surface area contributed by atoms with Crippen LogP contribution in [0.3, 0.4) is 0 Å². The number of hydrogen-bond acceptors (Lipinski definition) is 5. The Balaban J connectivity index is 2.22. The van der Waals surface area contributed by atoms with Crippen molar-refractivity contribution >= 4 is 11.9 Å². The zero-order chi connectivity index (χ0) is 19.5. The first-order valence-electron chi connectivity index (χ1n) is 9.22. The molecule has 0 bridgehead atoms. The van der Waals surface area contributed by atoms with Crippen LogP contribution in [-0.2, 0) is 25.6 Å². The van der Waals surface area contributed by atoms with E-state index < -0.39 is 23.3 Å². The van der Waals surface area contributed by atoms with E-state index in [1.807, 2.05) is 76.8 Å². The summed E-state index contributed by atoms with van der Waals surface area (Å²) in [5, 5.41) is 0. The minimum absolute atomic E-state index is 0.278. The Bertz CT molecular complexity index is 592. The largest absolute Gasteiger partial charge is 0.459 e. The second kappa shape index (κ2) is 7.78. The van der Waals surface area contributed by atoms with Gasteiger partial charge in [0.2, 0.25) is 0 Å². The van der Waals surface area contributed by atoms with Crippen molar-refractivity contribution in [1.82, 2.24) is 4.90 Å². The molecule has 5 nitrogen and oxygen atoms in total. The zero-order valence-corrected chi connectivity index (χ0v) is 16.7. The first-order chi connectivity index (χ1) is 12.0. The lowest BCUT2D eigenvalue weighted by atomic mass is 10.1. The molecule has 1 saturated heterocycles. The highest BCUT2D eigenvalue weighted by atomic mass is 16.6. The van der Waals surface area contributed by atoms with Gasteiger partial charge in [-0.2, -0.15) is 0 Å². The lowest BCUT2D eigenvalue weighted by Gasteiger charge is -2.31. The summed E-state index contributed by atoms with van der Waals surface area (Å²) in [6.45, 7) is 11.6. The van der Waals surface area contributed by atoms with Crippen LogP contribution in [-0.4, -0.2) is 40.1 Å². The van der Waals surface area contributed by atoms with Crippen LogP contribution in [0.2, 0.25) is 0 Å². The summed E-state index contributed by atoms with van der Waals surface area (Å²) in [4.78, 5) is 27.3. The quantitative estimate of drug-likeness (QED) is 0.765. The lowest BCUT2D eigenvalue weighted by Crippen LogP contribution is -2.47. The van der Waals surface area contributed by atoms with Gasteiger partial charge in [-0.25, -0.2) is 0 Å². The van der Waals surface area contributed by atoms with Gasteiger partial charge in [-0.1, -0.05) is 30.3 Å². The molecule has 1 fully saturated rings. The number of ether oxygens (including phenoxy) is 2. The maximum absolute atomic E-state index is 12.7. The minimum atomic E-state index is -0.556. The molecular formula is C21H31NO4. The van der Waals surface area contributed by atoms with Gasteiger partial charge in [0.05, 0.1) is 0 Å². The van der Waals surface area contributed by atoms with E-state index in [1.54, 1.807) is 0 Å². The van der Waals surface area contributed by atoms with E-state index in [9.17, 15) is 9.59 Å². The third kappa shape index (κ3) is 5.84. The molecule has 0 amide bonds. The minimum Gasteiger partial charge on any atom is -0.459 e. The molecule has 2 atom stereocenters. The zero-order valence-electron chi connectivity index (χ0n) is 16.7. The third-order valence-corrected chi connectivity index (χ3v) is 4.08. The molecule has 1 aromatic carbocycles. The molecule has 1 heterocycles. The van der Waals surface area contributed by atoms with E-state index in [-0.39, 0.29) is 11.9 Å². The smallest absolute Gasteiger partial charge is 0.323 e. The monoisotopic (exact) mass is 361 g/mol. The second-order valence-corrected chi connectivity index (χ2v) is 8.83. The van der Waals surface area contributed by atoms with Crippen LogP contribution in [0.25, 0.3) is 0 Å². The molecule has 0 N–H and O–H groups in total. The molecule has 0 saturated carbocycles. The molecule has 1 aromatic rings. The van der Waals surface area contributed by atoms with Crippen LogP contribution in [0.4, 0.5) is 0 Å². The molecule has 0 spiro atoms. The van der Waals surface area contributed by atoms with Gasteiger partial charge in [-0.15, -0.1) is 0 Å². The van der Waals surface area contributed by atoms with E-state index >= 15 is 0 Å². The molecule has 0 aromatic heterocycles. The molecule has 26 heavy (non-hydrogen) atoms. The molecule has 144 valence electrons. The normalized spacial score (nSPS) is 21.5. The fourth-order valence-corrected chi connectivity index (χ4v) is 3.13. The predicted molar refractivity (Wildman–Crippen MR) is 100 cm³/mol. The van der Waals surface area contributed by atoms with Gasteiger partial charge < -0.3 is 9.47 Å². The Kier molecular flexibility index (Phi) is 6.12. The van der Waals surface area contributed by atoms with Gasteiger partial charge in [0, 0.05) is 6.54 Å².